The minimum atomic E-state index is -0.139. The molecule has 30 heavy (non-hydrogen) atoms. The summed E-state index contributed by atoms with van der Waals surface area (Å²) < 4.78 is 0. The minimum Gasteiger partial charge on any atom is -0.376 e. The molecule has 0 saturated heterocycles. The van der Waals surface area contributed by atoms with Crippen molar-refractivity contribution in [2.45, 2.75) is 44.2 Å². The maximum absolute atomic E-state index is 6.20. The quantitative estimate of drug-likeness (QED) is 0.686. The van der Waals surface area contributed by atoms with Crippen LogP contribution < -0.4 is 20.4 Å². The first-order valence-corrected chi connectivity index (χ1v) is 11.1. The van der Waals surface area contributed by atoms with Crippen LogP contribution in [0.1, 0.15) is 37.7 Å². The number of benzene rings is 2. The van der Waals surface area contributed by atoms with Crippen LogP contribution in [0.15, 0.2) is 41.4 Å². The Balaban J connectivity index is 1.78. The molecule has 2 aromatic rings. The van der Waals surface area contributed by atoms with Gasteiger partial charge < -0.3 is 20.4 Å². The van der Waals surface area contributed by atoms with Crippen LogP contribution in [0.25, 0.3) is 0 Å². The average Bonchev–Trinajstić information content (AvgIpc) is 2.72. The van der Waals surface area contributed by atoms with Gasteiger partial charge in [0.2, 0.25) is 0 Å². The second-order valence-electron chi connectivity index (χ2n) is 8.83. The molecule has 0 atom stereocenters. The fourth-order valence-electron chi connectivity index (χ4n) is 4.62. The van der Waals surface area contributed by atoms with E-state index in [4.69, 9.17) is 16.6 Å². The average molecular weight is 426 g/mol. The second kappa shape index (κ2) is 8.38. The van der Waals surface area contributed by atoms with E-state index in [2.05, 4.69) is 66.8 Å². The number of fused-ring (bicyclic) bond motifs is 1. The zero-order chi connectivity index (χ0) is 21.3. The summed E-state index contributed by atoms with van der Waals surface area (Å²) in [5, 5.41) is 8.41. The SMILES string of the molecule is CN(C)c1ccc(N(C)C)c2c1N=C(NCc1cccc(Cl)c1)C1(CCCCC1)N2. The van der Waals surface area contributed by atoms with E-state index in [1.807, 2.05) is 18.2 Å². The Labute approximate surface area is 185 Å². The van der Waals surface area contributed by atoms with Crippen molar-refractivity contribution in [2.24, 2.45) is 4.99 Å². The molecule has 1 fully saturated rings. The Morgan fingerprint density at radius 2 is 1.70 bits per heavy atom. The van der Waals surface area contributed by atoms with Gasteiger partial charge in [-0.05, 0) is 42.7 Å². The van der Waals surface area contributed by atoms with Gasteiger partial charge in [-0.15, -0.1) is 0 Å². The highest BCUT2D eigenvalue weighted by molar-refractivity contribution is 6.30. The predicted octanol–water partition coefficient (Wildman–Crippen LogP) is 5.42. The van der Waals surface area contributed by atoms with Crippen molar-refractivity contribution in [3.63, 3.8) is 0 Å². The molecule has 1 saturated carbocycles. The maximum Gasteiger partial charge on any atom is 0.128 e. The highest BCUT2D eigenvalue weighted by Crippen LogP contribution is 2.48. The van der Waals surface area contributed by atoms with E-state index in [9.17, 15) is 0 Å². The zero-order valence-corrected chi connectivity index (χ0v) is 19.2. The molecule has 2 N–H and O–H groups in total. The number of halogens is 1. The standard InChI is InChI=1S/C24H32ClN5/c1-29(2)19-11-12-20(30(3)4)22-21(19)27-23(24(28-22)13-6-5-7-14-24)26-16-17-9-8-10-18(25)15-17/h8-12,15,28H,5-7,13-14,16H2,1-4H3,(H,26,27). The maximum atomic E-state index is 6.20. The largest absolute Gasteiger partial charge is 0.376 e. The number of anilines is 3. The lowest BCUT2D eigenvalue weighted by molar-refractivity contribution is 0.396. The van der Waals surface area contributed by atoms with Gasteiger partial charge in [0.15, 0.2) is 0 Å². The van der Waals surface area contributed by atoms with Crippen molar-refractivity contribution >= 4 is 40.2 Å². The number of amidine groups is 1. The van der Waals surface area contributed by atoms with Gasteiger partial charge in [0.05, 0.1) is 22.6 Å². The molecule has 2 aromatic carbocycles. The fourth-order valence-corrected chi connectivity index (χ4v) is 4.83. The van der Waals surface area contributed by atoms with E-state index in [0.717, 1.165) is 46.3 Å². The van der Waals surface area contributed by atoms with Crippen LogP contribution in [0.5, 0.6) is 0 Å². The molecule has 1 spiro atoms. The summed E-state index contributed by atoms with van der Waals surface area (Å²) in [6, 6.07) is 12.4. The summed E-state index contributed by atoms with van der Waals surface area (Å²) in [5.41, 5.74) is 5.47. The summed E-state index contributed by atoms with van der Waals surface area (Å²) in [6.07, 6.45) is 5.89. The lowest BCUT2D eigenvalue weighted by Gasteiger charge is -2.44. The molecule has 0 bridgehead atoms. The highest BCUT2D eigenvalue weighted by Gasteiger charge is 2.41. The van der Waals surface area contributed by atoms with Crippen molar-refractivity contribution in [1.82, 2.24) is 5.32 Å². The Morgan fingerprint density at radius 1 is 1.00 bits per heavy atom. The lowest BCUT2D eigenvalue weighted by atomic mass is 9.79. The Kier molecular flexibility index (Phi) is 5.83. The number of rotatable bonds is 4. The van der Waals surface area contributed by atoms with Gasteiger partial charge in [0, 0.05) is 39.8 Å². The third kappa shape index (κ3) is 3.95. The molecule has 0 aromatic heterocycles. The van der Waals surface area contributed by atoms with Gasteiger partial charge in [-0.1, -0.05) is 43.0 Å². The summed E-state index contributed by atoms with van der Waals surface area (Å²) in [6.45, 7) is 0.711. The van der Waals surface area contributed by atoms with Crippen LogP contribution in [0.2, 0.25) is 5.02 Å². The molecule has 0 radical (unpaired) electrons. The Hall–Kier alpha value is -2.40. The number of nitrogens with one attached hydrogen (secondary N) is 2. The topological polar surface area (TPSA) is 42.9 Å². The molecule has 1 heterocycles. The predicted molar refractivity (Wildman–Crippen MR) is 130 cm³/mol. The molecule has 0 amide bonds. The van der Waals surface area contributed by atoms with Crippen LogP contribution in [0, 0.1) is 0 Å². The van der Waals surface area contributed by atoms with E-state index in [-0.39, 0.29) is 5.54 Å². The third-order valence-corrected chi connectivity index (χ3v) is 6.43. The van der Waals surface area contributed by atoms with Crippen molar-refractivity contribution in [2.75, 3.05) is 43.3 Å². The number of hydrogen-bond acceptors (Lipinski definition) is 5. The minimum absolute atomic E-state index is 0.139. The molecule has 160 valence electrons. The molecule has 6 heteroatoms. The summed E-state index contributed by atoms with van der Waals surface area (Å²) in [4.78, 5) is 9.57. The van der Waals surface area contributed by atoms with Crippen LogP contribution in [-0.4, -0.2) is 39.6 Å². The zero-order valence-electron chi connectivity index (χ0n) is 18.4. The Bertz CT molecular complexity index is 945. The van der Waals surface area contributed by atoms with Gasteiger partial charge >= 0.3 is 0 Å². The molecular formula is C24H32ClN5. The van der Waals surface area contributed by atoms with Crippen LogP contribution in [0.3, 0.4) is 0 Å². The normalized spacial score (nSPS) is 17.0. The van der Waals surface area contributed by atoms with Crippen molar-refractivity contribution in [3.05, 3.63) is 47.0 Å². The number of aliphatic imine (C=N–C) groups is 1. The van der Waals surface area contributed by atoms with E-state index in [1.54, 1.807) is 0 Å². The van der Waals surface area contributed by atoms with E-state index < -0.39 is 0 Å². The number of nitrogens with zero attached hydrogens (tertiary/aromatic N) is 3. The second-order valence-corrected chi connectivity index (χ2v) is 9.26. The smallest absolute Gasteiger partial charge is 0.128 e. The third-order valence-electron chi connectivity index (χ3n) is 6.20. The summed E-state index contributed by atoms with van der Waals surface area (Å²) in [5.74, 6) is 1.05. The molecule has 1 aliphatic carbocycles. The first-order valence-electron chi connectivity index (χ1n) is 10.8. The van der Waals surface area contributed by atoms with Crippen LogP contribution in [-0.2, 0) is 6.54 Å². The van der Waals surface area contributed by atoms with E-state index >= 15 is 0 Å². The van der Waals surface area contributed by atoms with Crippen LogP contribution >= 0.6 is 11.6 Å². The molecule has 1 aliphatic heterocycles. The molecular weight excluding hydrogens is 394 g/mol. The van der Waals surface area contributed by atoms with Crippen LogP contribution in [0.4, 0.5) is 22.7 Å². The van der Waals surface area contributed by atoms with Gasteiger partial charge in [0.1, 0.15) is 11.5 Å². The van der Waals surface area contributed by atoms with Gasteiger partial charge in [0.25, 0.3) is 0 Å². The lowest BCUT2D eigenvalue weighted by Crippen LogP contribution is -2.55. The first kappa shape index (κ1) is 20.9. The van der Waals surface area contributed by atoms with Crippen molar-refractivity contribution in [3.8, 4) is 0 Å². The number of hydrogen-bond donors (Lipinski definition) is 2. The molecule has 2 aliphatic rings. The molecule has 5 nitrogen and oxygen atoms in total. The first-order chi connectivity index (χ1) is 14.4. The highest BCUT2D eigenvalue weighted by atomic mass is 35.5. The summed E-state index contributed by atoms with van der Waals surface area (Å²) >= 11 is 6.20. The van der Waals surface area contributed by atoms with Gasteiger partial charge in [-0.25, -0.2) is 4.99 Å². The van der Waals surface area contributed by atoms with Gasteiger partial charge in [-0.2, -0.15) is 0 Å². The summed E-state index contributed by atoms with van der Waals surface area (Å²) in [7, 11) is 8.34. The van der Waals surface area contributed by atoms with E-state index in [1.165, 1.54) is 24.9 Å². The van der Waals surface area contributed by atoms with Crippen molar-refractivity contribution in [1.29, 1.82) is 0 Å². The molecule has 4 rings (SSSR count). The van der Waals surface area contributed by atoms with Crippen molar-refractivity contribution < 1.29 is 0 Å². The fraction of sp³-hybridized carbons (Fsp3) is 0.458. The Morgan fingerprint density at radius 3 is 2.37 bits per heavy atom. The monoisotopic (exact) mass is 425 g/mol. The van der Waals surface area contributed by atoms with E-state index in [0.29, 0.717) is 6.54 Å². The molecule has 0 unspecified atom stereocenters. The van der Waals surface area contributed by atoms with Gasteiger partial charge in [-0.3, -0.25) is 0 Å².